The SMILES string of the molecule is COc1ccc(CN2C3CC2CN(c2cnc(-c4cc(OCCN5CC6CC(C5)N6)cn5ncc(C#N)c45)cn2)C3)cn1. The molecule has 4 atom stereocenters. The molecule has 220 valence electrons. The van der Waals surface area contributed by atoms with Crippen molar-refractivity contribution in [2.24, 2.45) is 0 Å². The molecule has 6 aliphatic rings. The predicted octanol–water partition coefficient (Wildman–Crippen LogP) is 1.95. The van der Waals surface area contributed by atoms with Crippen LogP contribution in [0.4, 0.5) is 5.82 Å². The van der Waals surface area contributed by atoms with Crippen LogP contribution in [-0.2, 0) is 6.54 Å². The minimum Gasteiger partial charge on any atom is -0.491 e. The summed E-state index contributed by atoms with van der Waals surface area (Å²) >= 11 is 0. The summed E-state index contributed by atoms with van der Waals surface area (Å²) in [7, 11) is 1.64. The van der Waals surface area contributed by atoms with Crippen LogP contribution in [-0.4, -0.2) is 105 Å². The topological polar surface area (TPSA) is 120 Å². The van der Waals surface area contributed by atoms with Crippen molar-refractivity contribution in [1.82, 2.24) is 39.7 Å². The van der Waals surface area contributed by atoms with Gasteiger partial charge in [-0.3, -0.25) is 14.8 Å². The van der Waals surface area contributed by atoms with Gasteiger partial charge in [-0.2, -0.15) is 10.4 Å². The van der Waals surface area contributed by atoms with Crippen LogP contribution in [0.5, 0.6) is 11.6 Å². The van der Waals surface area contributed by atoms with E-state index < -0.39 is 0 Å². The Morgan fingerprint density at radius 2 is 1.84 bits per heavy atom. The lowest BCUT2D eigenvalue weighted by Gasteiger charge is -2.56. The van der Waals surface area contributed by atoms with Gasteiger partial charge in [-0.15, -0.1) is 0 Å². The van der Waals surface area contributed by atoms with Crippen LogP contribution in [0.3, 0.4) is 0 Å². The lowest BCUT2D eigenvalue weighted by molar-refractivity contribution is -0.00879. The summed E-state index contributed by atoms with van der Waals surface area (Å²) in [4.78, 5) is 21.3. The molecule has 4 aromatic rings. The number of fused-ring (bicyclic) bond motifs is 5. The summed E-state index contributed by atoms with van der Waals surface area (Å²) in [6.07, 6.45) is 11.5. The van der Waals surface area contributed by atoms with E-state index in [2.05, 4.69) is 42.2 Å². The Morgan fingerprint density at radius 3 is 2.53 bits per heavy atom. The van der Waals surface area contributed by atoms with Crippen molar-refractivity contribution in [3.05, 3.63) is 60.3 Å². The Kier molecular flexibility index (Phi) is 6.58. The first-order valence-corrected chi connectivity index (χ1v) is 15.0. The highest BCUT2D eigenvalue weighted by Gasteiger charge is 2.44. The molecule has 0 spiro atoms. The van der Waals surface area contributed by atoms with Gasteiger partial charge in [0.15, 0.2) is 0 Å². The minimum atomic E-state index is 0.479. The third-order valence-corrected chi connectivity index (χ3v) is 9.34. The van der Waals surface area contributed by atoms with Crippen molar-refractivity contribution in [3.8, 4) is 29.0 Å². The molecule has 0 radical (unpaired) electrons. The summed E-state index contributed by atoms with van der Waals surface area (Å²) in [5.41, 5.74) is 3.88. The maximum atomic E-state index is 9.76. The molecule has 4 bridgehead atoms. The normalized spacial score (nSPS) is 24.7. The van der Waals surface area contributed by atoms with E-state index in [1.165, 1.54) is 18.4 Å². The van der Waals surface area contributed by atoms with E-state index in [9.17, 15) is 5.26 Å². The molecule has 12 heteroatoms. The van der Waals surface area contributed by atoms with Crippen molar-refractivity contribution in [2.45, 2.75) is 43.6 Å². The van der Waals surface area contributed by atoms with Crippen LogP contribution in [0, 0.1) is 11.3 Å². The monoisotopic (exact) mass is 578 g/mol. The number of piperidine rings is 2. The molecular weight excluding hydrogens is 544 g/mol. The fraction of sp³-hybridized carbons (Fsp3) is 0.452. The van der Waals surface area contributed by atoms with Gasteiger partial charge in [0, 0.05) is 81.3 Å². The van der Waals surface area contributed by atoms with Crippen molar-refractivity contribution in [3.63, 3.8) is 0 Å². The molecule has 43 heavy (non-hydrogen) atoms. The largest absolute Gasteiger partial charge is 0.491 e. The first kappa shape index (κ1) is 26.3. The molecule has 6 saturated heterocycles. The molecule has 12 nitrogen and oxygen atoms in total. The zero-order valence-electron chi connectivity index (χ0n) is 24.1. The van der Waals surface area contributed by atoms with E-state index in [1.54, 1.807) is 24.0 Å². The number of methoxy groups -OCH3 is 1. The van der Waals surface area contributed by atoms with E-state index >= 15 is 0 Å². The highest BCUT2D eigenvalue weighted by Crippen LogP contribution is 2.36. The van der Waals surface area contributed by atoms with Crippen LogP contribution in [0.1, 0.15) is 24.0 Å². The third-order valence-electron chi connectivity index (χ3n) is 9.34. The molecule has 0 saturated carbocycles. The maximum absolute atomic E-state index is 9.76. The Morgan fingerprint density at radius 1 is 1.00 bits per heavy atom. The fourth-order valence-corrected chi connectivity index (χ4v) is 7.12. The summed E-state index contributed by atoms with van der Waals surface area (Å²) in [5.74, 6) is 2.21. The van der Waals surface area contributed by atoms with Gasteiger partial charge in [-0.25, -0.2) is 14.5 Å². The standard InChI is InChI=1S/C31H34N10O2/c1-42-30-3-2-20(10-35-30)14-40-24-7-25(40)18-39(17-24)29-13-33-28(12-34-29)27-8-26(19-41-31(27)21(9-32)11-36-41)43-5-4-38-15-22-6-23(16-38)37-22/h2-3,8,10-13,19,22-25,37H,4-7,14-18H2,1H3. The predicted molar refractivity (Wildman–Crippen MR) is 159 cm³/mol. The van der Waals surface area contributed by atoms with Crippen LogP contribution in [0.15, 0.2) is 49.2 Å². The van der Waals surface area contributed by atoms with Crippen LogP contribution < -0.4 is 19.7 Å². The van der Waals surface area contributed by atoms with E-state index in [1.807, 2.05) is 30.7 Å². The number of nitriles is 1. The molecule has 0 amide bonds. The second-order valence-electron chi connectivity index (χ2n) is 12.0. The second kappa shape index (κ2) is 10.8. The smallest absolute Gasteiger partial charge is 0.212 e. The molecule has 4 aromatic heterocycles. The molecule has 0 aliphatic carbocycles. The van der Waals surface area contributed by atoms with Crippen LogP contribution in [0.25, 0.3) is 16.8 Å². The van der Waals surface area contributed by atoms with Crippen molar-refractivity contribution < 1.29 is 9.47 Å². The van der Waals surface area contributed by atoms with Gasteiger partial charge < -0.3 is 19.7 Å². The quantitative estimate of drug-likeness (QED) is 0.314. The van der Waals surface area contributed by atoms with E-state index in [0.29, 0.717) is 59.2 Å². The first-order chi connectivity index (χ1) is 21.1. The maximum Gasteiger partial charge on any atom is 0.212 e. The molecular formula is C31H34N10O2. The fourth-order valence-electron chi connectivity index (χ4n) is 7.12. The zero-order valence-corrected chi connectivity index (χ0v) is 24.1. The number of rotatable bonds is 9. The van der Waals surface area contributed by atoms with Crippen LogP contribution >= 0.6 is 0 Å². The summed E-state index contributed by atoms with van der Waals surface area (Å²) in [5, 5.41) is 17.7. The van der Waals surface area contributed by atoms with Gasteiger partial charge in [0.05, 0.1) is 48.7 Å². The molecule has 6 fully saturated rings. The second-order valence-corrected chi connectivity index (χ2v) is 12.0. The Hall–Kier alpha value is -4.31. The highest BCUT2D eigenvalue weighted by molar-refractivity contribution is 5.83. The third kappa shape index (κ3) is 4.93. The van der Waals surface area contributed by atoms with E-state index in [4.69, 9.17) is 19.4 Å². The lowest BCUT2D eigenvalue weighted by Crippen LogP contribution is -2.68. The van der Waals surface area contributed by atoms with E-state index in [-0.39, 0.29) is 0 Å². The number of piperazine rings is 2. The van der Waals surface area contributed by atoms with Gasteiger partial charge in [0.2, 0.25) is 5.88 Å². The Labute approximate surface area is 249 Å². The van der Waals surface area contributed by atoms with Crippen LogP contribution in [0.2, 0.25) is 0 Å². The van der Waals surface area contributed by atoms with Gasteiger partial charge in [0.1, 0.15) is 24.2 Å². The molecule has 4 unspecified atom stereocenters. The first-order valence-electron chi connectivity index (χ1n) is 15.0. The number of nitrogens with one attached hydrogen (secondary N) is 1. The van der Waals surface area contributed by atoms with Crippen molar-refractivity contribution in [2.75, 3.05) is 51.3 Å². The number of hydrogen-bond acceptors (Lipinski definition) is 11. The average molecular weight is 579 g/mol. The van der Waals surface area contributed by atoms with Gasteiger partial charge >= 0.3 is 0 Å². The number of hydrogen-bond donors (Lipinski definition) is 1. The number of aromatic nitrogens is 5. The number of ether oxygens (including phenoxy) is 2. The number of nitrogens with zero attached hydrogens (tertiary/aromatic N) is 9. The Bertz CT molecular complexity index is 1640. The van der Waals surface area contributed by atoms with Gasteiger partial charge in [-0.1, -0.05) is 6.07 Å². The van der Waals surface area contributed by atoms with Gasteiger partial charge in [-0.05, 0) is 24.5 Å². The average Bonchev–Trinajstić information content (AvgIpc) is 3.46. The van der Waals surface area contributed by atoms with Crippen molar-refractivity contribution in [1.29, 1.82) is 5.26 Å². The molecule has 0 aromatic carbocycles. The molecule has 6 aliphatic heterocycles. The molecule has 1 N–H and O–H groups in total. The lowest BCUT2D eigenvalue weighted by atomic mass is 9.87. The molecule has 10 rings (SSSR count). The molecule has 10 heterocycles. The number of pyridine rings is 2. The zero-order chi connectivity index (χ0) is 28.9. The highest BCUT2D eigenvalue weighted by atomic mass is 16.5. The summed E-state index contributed by atoms with van der Waals surface area (Å²) in [6.45, 7) is 6.34. The minimum absolute atomic E-state index is 0.479. The summed E-state index contributed by atoms with van der Waals surface area (Å²) < 4.78 is 13.1. The van der Waals surface area contributed by atoms with E-state index in [0.717, 1.165) is 50.6 Å². The van der Waals surface area contributed by atoms with Gasteiger partial charge in [0.25, 0.3) is 0 Å². The summed E-state index contributed by atoms with van der Waals surface area (Å²) in [6, 6.07) is 10.4. The Balaban J connectivity index is 0.957. The van der Waals surface area contributed by atoms with Crippen molar-refractivity contribution >= 4 is 11.3 Å². The number of anilines is 1.